The van der Waals surface area contributed by atoms with Crippen LogP contribution in [-0.2, 0) is 14.4 Å². The maximum absolute atomic E-state index is 13.3. The second kappa shape index (κ2) is 12.5. The minimum atomic E-state index is -4.78. The summed E-state index contributed by atoms with van der Waals surface area (Å²) < 4.78 is 77.9. The smallest absolute Gasteiger partial charge is 0.369 e. The molecule has 0 spiro atoms. The van der Waals surface area contributed by atoms with Gasteiger partial charge in [-0.05, 0) is 44.9 Å². The molecule has 2 aromatic carbocycles. The van der Waals surface area contributed by atoms with Gasteiger partial charge in [0.25, 0.3) is 5.91 Å². The van der Waals surface area contributed by atoms with Crippen molar-refractivity contribution in [1.82, 2.24) is 5.32 Å². The molecule has 0 bridgehead atoms. The average Bonchev–Trinajstić information content (AvgIpc) is 2.96. The van der Waals surface area contributed by atoms with E-state index in [1.807, 2.05) is 19.9 Å². The summed E-state index contributed by atoms with van der Waals surface area (Å²) in [6.07, 6.45) is -16.4. The van der Waals surface area contributed by atoms with Crippen LogP contribution in [0.15, 0.2) is 41.4 Å². The zero-order valence-corrected chi connectivity index (χ0v) is 22.7. The van der Waals surface area contributed by atoms with Crippen LogP contribution in [0.5, 0.6) is 0 Å². The van der Waals surface area contributed by atoms with E-state index in [0.717, 1.165) is 11.1 Å². The molecular weight excluding hydrogens is 578 g/mol. The van der Waals surface area contributed by atoms with Crippen LogP contribution >= 0.6 is 11.6 Å². The largest absolute Gasteiger partial charge is 0.389 e. The molecule has 222 valence electrons. The minimum Gasteiger partial charge on any atom is -0.369 e. The van der Waals surface area contributed by atoms with Crippen molar-refractivity contribution >= 4 is 40.7 Å². The molecule has 0 fully saturated rings. The number of benzene rings is 2. The number of alkyl halides is 6. The molecule has 0 aromatic heterocycles. The molecule has 0 aliphatic carbocycles. The number of fused-ring (bicyclic) bond motifs is 1. The molecule has 2 unspecified atom stereocenters. The molecular formula is C27H27ClF6N4O3. The third kappa shape index (κ3) is 8.69. The van der Waals surface area contributed by atoms with Crippen LogP contribution < -0.4 is 16.4 Å². The fourth-order valence-electron chi connectivity index (χ4n) is 4.67. The molecule has 1 aliphatic heterocycles. The number of halogens is 7. The standard InChI is InChI=1S/C27H27ClF6N4O3/c1-13-10-14(2)12-15(11-13)20-18-4-3-5-19(28)21(18)37-25(41)23(36-20)38-24(40)17(7-9-27(32,33)34)16(22(35)39)6-8-26(29,30)31/h3-5,10-12,16-17,23H,6-9H2,1-2H3,(H2,35,39)(H,37,41)(H,38,40)/t16?,17?,23-/m1/s1. The summed E-state index contributed by atoms with van der Waals surface area (Å²) in [5.74, 6) is -7.37. The van der Waals surface area contributed by atoms with Crippen LogP contribution in [0, 0.1) is 25.7 Å². The van der Waals surface area contributed by atoms with Crippen LogP contribution in [0.1, 0.15) is 47.9 Å². The molecule has 1 aliphatic rings. The Labute approximate surface area is 236 Å². The molecule has 0 saturated heterocycles. The first-order chi connectivity index (χ1) is 18.9. The Morgan fingerprint density at radius 1 is 1.00 bits per heavy atom. The predicted molar refractivity (Wildman–Crippen MR) is 140 cm³/mol. The number of nitrogens with two attached hydrogens (primary N) is 1. The zero-order chi connectivity index (χ0) is 30.7. The van der Waals surface area contributed by atoms with Gasteiger partial charge in [-0.25, -0.2) is 4.99 Å². The lowest BCUT2D eigenvalue weighted by Gasteiger charge is -2.26. The number of hydrogen-bond donors (Lipinski definition) is 3. The van der Waals surface area contributed by atoms with Gasteiger partial charge in [0.15, 0.2) is 0 Å². The number of para-hydroxylation sites is 1. The molecule has 3 rings (SSSR count). The van der Waals surface area contributed by atoms with Crippen molar-refractivity contribution in [3.63, 3.8) is 0 Å². The number of nitrogens with zero attached hydrogens (tertiary/aromatic N) is 1. The van der Waals surface area contributed by atoms with Crippen molar-refractivity contribution in [2.24, 2.45) is 22.6 Å². The van der Waals surface area contributed by atoms with Crippen molar-refractivity contribution in [2.75, 3.05) is 5.32 Å². The molecule has 2 aromatic rings. The van der Waals surface area contributed by atoms with Crippen molar-refractivity contribution in [3.8, 4) is 0 Å². The van der Waals surface area contributed by atoms with Gasteiger partial charge < -0.3 is 16.4 Å². The quantitative estimate of drug-likeness (QED) is 0.324. The van der Waals surface area contributed by atoms with Gasteiger partial charge in [0.2, 0.25) is 18.0 Å². The number of amides is 3. The number of hydrogen-bond acceptors (Lipinski definition) is 4. The van der Waals surface area contributed by atoms with Crippen molar-refractivity contribution in [3.05, 3.63) is 63.7 Å². The highest BCUT2D eigenvalue weighted by Crippen LogP contribution is 2.34. The van der Waals surface area contributed by atoms with Crippen LogP contribution in [0.4, 0.5) is 32.0 Å². The predicted octanol–water partition coefficient (Wildman–Crippen LogP) is 5.59. The van der Waals surface area contributed by atoms with E-state index in [0.29, 0.717) is 11.1 Å². The molecule has 3 atom stereocenters. The second-order valence-electron chi connectivity index (χ2n) is 9.84. The van der Waals surface area contributed by atoms with E-state index in [-0.39, 0.29) is 16.4 Å². The van der Waals surface area contributed by atoms with E-state index in [1.54, 1.807) is 24.3 Å². The number of carbonyl (C=O) groups excluding carboxylic acids is 3. The Hall–Kier alpha value is -3.61. The average molecular weight is 605 g/mol. The highest BCUT2D eigenvalue weighted by Gasteiger charge is 2.40. The number of aliphatic imine (C=N–C) groups is 1. The van der Waals surface area contributed by atoms with Crippen molar-refractivity contribution < 1.29 is 40.7 Å². The Balaban J connectivity index is 2.04. The van der Waals surface area contributed by atoms with E-state index < -0.39 is 73.8 Å². The van der Waals surface area contributed by atoms with Gasteiger partial charge in [-0.2, -0.15) is 26.3 Å². The first-order valence-electron chi connectivity index (χ1n) is 12.4. The van der Waals surface area contributed by atoms with Gasteiger partial charge in [-0.15, -0.1) is 0 Å². The minimum absolute atomic E-state index is 0.142. The summed E-state index contributed by atoms with van der Waals surface area (Å²) in [7, 11) is 0. The summed E-state index contributed by atoms with van der Waals surface area (Å²) >= 11 is 6.32. The topological polar surface area (TPSA) is 114 Å². The maximum Gasteiger partial charge on any atom is 0.389 e. The molecule has 14 heteroatoms. The summed E-state index contributed by atoms with van der Waals surface area (Å²) in [4.78, 5) is 42.9. The van der Waals surface area contributed by atoms with E-state index in [2.05, 4.69) is 15.6 Å². The third-order valence-corrected chi connectivity index (χ3v) is 6.78. The number of carbonyl (C=O) groups is 3. The van der Waals surface area contributed by atoms with Gasteiger partial charge >= 0.3 is 12.4 Å². The van der Waals surface area contributed by atoms with Gasteiger partial charge in [-0.1, -0.05) is 40.9 Å². The number of nitrogens with one attached hydrogen (secondary N) is 2. The monoisotopic (exact) mass is 604 g/mol. The number of anilines is 1. The Kier molecular flexibility index (Phi) is 9.73. The summed E-state index contributed by atoms with van der Waals surface area (Å²) in [5.41, 5.74) is 8.24. The van der Waals surface area contributed by atoms with Crippen molar-refractivity contribution in [2.45, 2.75) is 58.0 Å². The van der Waals surface area contributed by atoms with Gasteiger partial charge in [0, 0.05) is 35.8 Å². The molecule has 41 heavy (non-hydrogen) atoms. The van der Waals surface area contributed by atoms with Gasteiger partial charge in [0.05, 0.1) is 16.4 Å². The molecule has 3 amide bonds. The number of rotatable bonds is 9. The lowest BCUT2D eigenvalue weighted by Crippen LogP contribution is -2.48. The number of primary amides is 1. The lowest BCUT2D eigenvalue weighted by molar-refractivity contribution is -0.152. The highest BCUT2D eigenvalue weighted by atomic mass is 35.5. The van der Waals surface area contributed by atoms with E-state index >= 15 is 0 Å². The Morgan fingerprint density at radius 2 is 1.56 bits per heavy atom. The molecule has 1 heterocycles. The zero-order valence-electron chi connectivity index (χ0n) is 21.9. The molecule has 7 nitrogen and oxygen atoms in total. The van der Waals surface area contributed by atoms with Crippen molar-refractivity contribution in [1.29, 1.82) is 0 Å². The Bertz CT molecular complexity index is 1340. The Morgan fingerprint density at radius 3 is 2.10 bits per heavy atom. The van der Waals surface area contributed by atoms with E-state index in [1.165, 1.54) is 6.07 Å². The van der Waals surface area contributed by atoms with E-state index in [4.69, 9.17) is 17.3 Å². The number of aryl methyl sites for hydroxylation is 2. The first kappa shape index (κ1) is 31.9. The first-order valence-corrected chi connectivity index (χ1v) is 12.8. The second-order valence-corrected chi connectivity index (χ2v) is 10.2. The van der Waals surface area contributed by atoms with Crippen LogP contribution in [0.2, 0.25) is 5.02 Å². The molecule has 4 N–H and O–H groups in total. The summed E-state index contributed by atoms with van der Waals surface area (Å²) in [5, 5.41) is 4.91. The van der Waals surface area contributed by atoms with Crippen LogP contribution in [0.25, 0.3) is 0 Å². The van der Waals surface area contributed by atoms with Crippen LogP contribution in [-0.4, -0.2) is 42.0 Å². The summed E-state index contributed by atoms with van der Waals surface area (Å²) in [6, 6.07) is 10.1. The number of benzodiazepines with no additional fused rings is 1. The summed E-state index contributed by atoms with van der Waals surface area (Å²) in [6.45, 7) is 3.65. The fourth-order valence-corrected chi connectivity index (χ4v) is 4.90. The highest BCUT2D eigenvalue weighted by molar-refractivity contribution is 6.36. The molecule has 0 radical (unpaired) electrons. The van der Waals surface area contributed by atoms with E-state index in [9.17, 15) is 40.7 Å². The fraction of sp³-hybridized carbons (Fsp3) is 0.407. The maximum atomic E-state index is 13.3. The van der Waals surface area contributed by atoms with Gasteiger partial charge in [0.1, 0.15) is 0 Å². The SMILES string of the molecule is Cc1cc(C)cc(C2=N[C@H](NC(=O)C(CCC(F)(F)F)C(CCC(F)(F)F)C(N)=O)C(=O)Nc3c(Cl)cccc32)c1. The lowest BCUT2D eigenvalue weighted by atomic mass is 9.83. The molecule has 0 saturated carbocycles. The third-order valence-electron chi connectivity index (χ3n) is 6.46. The van der Waals surface area contributed by atoms with Crippen LogP contribution in [0.3, 0.4) is 0 Å². The van der Waals surface area contributed by atoms with Gasteiger partial charge in [-0.3, -0.25) is 14.4 Å². The normalized spacial score (nSPS) is 17.0.